The van der Waals surface area contributed by atoms with Crippen molar-refractivity contribution in [3.63, 3.8) is 0 Å². The van der Waals surface area contributed by atoms with E-state index in [1.807, 2.05) is 24.3 Å². The zero-order valence-corrected chi connectivity index (χ0v) is 13.7. The number of anilines is 1. The molecule has 0 heterocycles. The zero-order valence-electron chi connectivity index (χ0n) is 13.0. The van der Waals surface area contributed by atoms with Gasteiger partial charge in [-0.05, 0) is 48.7 Å². The van der Waals surface area contributed by atoms with Crippen LogP contribution in [0.15, 0.2) is 48.5 Å². The second kappa shape index (κ2) is 7.32. The van der Waals surface area contributed by atoms with E-state index in [4.69, 9.17) is 16.3 Å². The standard InChI is InChI=1S/C18H20ClNO2/c1-12(2)16-6-4-5-7-17(16)22-13(3)18(21)20-15-10-8-14(19)9-11-15/h4-13H,1-3H3,(H,20,21)/t13-/m0/s1. The van der Waals surface area contributed by atoms with Gasteiger partial charge >= 0.3 is 0 Å². The fraction of sp³-hybridized carbons (Fsp3) is 0.278. The minimum Gasteiger partial charge on any atom is -0.481 e. The Bertz CT molecular complexity index is 638. The molecular weight excluding hydrogens is 298 g/mol. The lowest BCUT2D eigenvalue weighted by Crippen LogP contribution is -2.30. The minimum absolute atomic E-state index is 0.194. The van der Waals surface area contributed by atoms with Crippen LogP contribution in [0.4, 0.5) is 5.69 Å². The predicted molar refractivity (Wildman–Crippen MR) is 90.7 cm³/mol. The Morgan fingerprint density at radius 3 is 2.32 bits per heavy atom. The highest BCUT2D eigenvalue weighted by Gasteiger charge is 2.17. The van der Waals surface area contributed by atoms with E-state index in [-0.39, 0.29) is 5.91 Å². The highest BCUT2D eigenvalue weighted by atomic mass is 35.5. The van der Waals surface area contributed by atoms with Crippen LogP contribution in [0.2, 0.25) is 5.02 Å². The number of nitrogens with one attached hydrogen (secondary N) is 1. The van der Waals surface area contributed by atoms with Crippen molar-refractivity contribution in [1.82, 2.24) is 0 Å². The first-order chi connectivity index (χ1) is 10.5. The fourth-order valence-electron chi connectivity index (χ4n) is 2.09. The molecule has 1 amide bonds. The molecule has 2 aromatic carbocycles. The molecule has 3 nitrogen and oxygen atoms in total. The number of amides is 1. The Morgan fingerprint density at radius 2 is 1.68 bits per heavy atom. The molecule has 0 spiro atoms. The molecule has 1 N–H and O–H groups in total. The molecule has 0 saturated heterocycles. The van der Waals surface area contributed by atoms with Gasteiger partial charge in [0.25, 0.3) is 5.91 Å². The summed E-state index contributed by atoms with van der Waals surface area (Å²) in [5, 5.41) is 3.45. The van der Waals surface area contributed by atoms with Crippen LogP contribution in [0.1, 0.15) is 32.3 Å². The maximum atomic E-state index is 12.2. The van der Waals surface area contributed by atoms with Gasteiger partial charge in [-0.15, -0.1) is 0 Å². The summed E-state index contributed by atoms with van der Waals surface area (Å²) in [7, 11) is 0. The molecular formula is C18H20ClNO2. The normalized spacial score (nSPS) is 12.0. The molecule has 0 bridgehead atoms. The summed E-state index contributed by atoms with van der Waals surface area (Å²) >= 11 is 5.83. The van der Waals surface area contributed by atoms with E-state index in [1.54, 1.807) is 31.2 Å². The van der Waals surface area contributed by atoms with Crippen molar-refractivity contribution in [1.29, 1.82) is 0 Å². The van der Waals surface area contributed by atoms with Gasteiger partial charge < -0.3 is 10.1 Å². The van der Waals surface area contributed by atoms with Crippen LogP contribution in [0.3, 0.4) is 0 Å². The third-order valence-electron chi connectivity index (χ3n) is 3.33. The van der Waals surface area contributed by atoms with E-state index in [2.05, 4.69) is 19.2 Å². The number of carbonyl (C=O) groups is 1. The molecule has 0 aliphatic carbocycles. The van der Waals surface area contributed by atoms with Gasteiger partial charge in [0.1, 0.15) is 5.75 Å². The number of hydrogen-bond acceptors (Lipinski definition) is 2. The molecule has 0 fully saturated rings. The quantitative estimate of drug-likeness (QED) is 0.854. The maximum Gasteiger partial charge on any atom is 0.265 e. The summed E-state index contributed by atoms with van der Waals surface area (Å²) < 4.78 is 5.83. The SMILES string of the molecule is CC(C)c1ccccc1O[C@@H](C)C(=O)Nc1ccc(Cl)cc1. The van der Waals surface area contributed by atoms with Crippen molar-refractivity contribution in [2.75, 3.05) is 5.32 Å². The lowest BCUT2D eigenvalue weighted by atomic mass is 10.0. The number of carbonyl (C=O) groups excluding carboxylic acids is 1. The van der Waals surface area contributed by atoms with Gasteiger partial charge in [0.15, 0.2) is 6.10 Å². The summed E-state index contributed by atoms with van der Waals surface area (Å²) in [5.74, 6) is 0.889. The van der Waals surface area contributed by atoms with Crippen LogP contribution in [0, 0.1) is 0 Å². The summed E-state index contributed by atoms with van der Waals surface area (Å²) in [6, 6.07) is 14.8. The van der Waals surface area contributed by atoms with Crippen molar-refractivity contribution in [2.45, 2.75) is 32.8 Å². The summed E-state index contributed by atoms with van der Waals surface area (Å²) in [6.45, 7) is 5.93. The van der Waals surface area contributed by atoms with Gasteiger partial charge in [0, 0.05) is 10.7 Å². The van der Waals surface area contributed by atoms with Gasteiger partial charge in [-0.1, -0.05) is 43.6 Å². The van der Waals surface area contributed by atoms with Gasteiger partial charge in [0.2, 0.25) is 0 Å². The van der Waals surface area contributed by atoms with Crippen molar-refractivity contribution in [2.24, 2.45) is 0 Å². The Balaban J connectivity index is 2.04. The molecule has 0 radical (unpaired) electrons. The number of halogens is 1. The van der Waals surface area contributed by atoms with Crippen molar-refractivity contribution >= 4 is 23.2 Å². The van der Waals surface area contributed by atoms with Crippen molar-refractivity contribution < 1.29 is 9.53 Å². The number of benzene rings is 2. The molecule has 0 aliphatic rings. The molecule has 2 aromatic rings. The highest BCUT2D eigenvalue weighted by Crippen LogP contribution is 2.26. The van der Waals surface area contributed by atoms with Crippen molar-refractivity contribution in [3.8, 4) is 5.75 Å². The zero-order chi connectivity index (χ0) is 16.1. The van der Waals surface area contributed by atoms with Gasteiger partial charge in [-0.3, -0.25) is 4.79 Å². The molecule has 2 rings (SSSR count). The lowest BCUT2D eigenvalue weighted by molar-refractivity contribution is -0.122. The van der Waals surface area contributed by atoms with E-state index in [1.165, 1.54) is 0 Å². The Labute approximate surface area is 136 Å². The van der Waals surface area contributed by atoms with Gasteiger partial charge in [-0.2, -0.15) is 0 Å². The van der Waals surface area contributed by atoms with Crippen LogP contribution >= 0.6 is 11.6 Å². The lowest BCUT2D eigenvalue weighted by Gasteiger charge is -2.18. The number of hydrogen-bond donors (Lipinski definition) is 1. The summed E-state index contributed by atoms with van der Waals surface area (Å²) in [4.78, 5) is 12.2. The largest absolute Gasteiger partial charge is 0.481 e. The maximum absolute atomic E-state index is 12.2. The van der Waals surface area contributed by atoms with Gasteiger partial charge in [0.05, 0.1) is 0 Å². The Hall–Kier alpha value is -2.00. The Kier molecular flexibility index (Phi) is 5.45. The van der Waals surface area contributed by atoms with Crippen molar-refractivity contribution in [3.05, 3.63) is 59.1 Å². The third-order valence-corrected chi connectivity index (χ3v) is 3.58. The van der Waals surface area contributed by atoms with E-state index >= 15 is 0 Å². The smallest absolute Gasteiger partial charge is 0.265 e. The van der Waals surface area contributed by atoms with E-state index < -0.39 is 6.10 Å². The first-order valence-corrected chi connectivity index (χ1v) is 7.67. The summed E-state index contributed by atoms with van der Waals surface area (Å²) in [6.07, 6.45) is -0.587. The second-order valence-electron chi connectivity index (χ2n) is 5.45. The molecule has 0 unspecified atom stereocenters. The number of para-hydroxylation sites is 1. The summed E-state index contributed by atoms with van der Waals surface area (Å²) in [5.41, 5.74) is 1.79. The first-order valence-electron chi connectivity index (χ1n) is 7.29. The van der Waals surface area contributed by atoms with Crippen LogP contribution in [-0.2, 0) is 4.79 Å². The van der Waals surface area contributed by atoms with Gasteiger partial charge in [-0.25, -0.2) is 0 Å². The molecule has 0 saturated carbocycles. The number of ether oxygens (including phenoxy) is 1. The molecule has 4 heteroatoms. The van der Waals surface area contributed by atoms with Crippen LogP contribution < -0.4 is 10.1 Å². The second-order valence-corrected chi connectivity index (χ2v) is 5.89. The third kappa shape index (κ3) is 4.25. The van der Waals surface area contributed by atoms with E-state index in [9.17, 15) is 4.79 Å². The predicted octanol–water partition coefficient (Wildman–Crippen LogP) is 4.87. The Morgan fingerprint density at radius 1 is 1.05 bits per heavy atom. The number of rotatable bonds is 5. The molecule has 0 aromatic heterocycles. The van der Waals surface area contributed by atoms with E-state index in [0.717, 1.165) is 11.3 Å². The molecule has 1 atom stereocenters. The van der Waals surface area contributed by atoms with Crippen LogP contribution in [-0.4, -0.2) is 12.0 Å². The van der Waals surface area contributed by atoms with Crippen LogP contribution in [0.25, 0.3) is 0 Å². The fourth-order valence-corrected chi connectivity index (χ4v) is 2.21. The van der Waals surface area contributed by atoms with Crippen LogP contribution in [0.5, 0.6) is 5.75 Å². The highest BCUT2D eigenvalue weighted by molar-refractivity contribution is 6.30. The molecule has 22 heavy (non-hydrogen) atoms. The topological polar surface area (TPSA) is 38.3 Å². The average molecular weight is 318 g/mol. The first kappa shape index (κ1) is 16.4. The minimum atomic E-state index is -0.587. The molecule has 0 aliphatic heterocycles. The average Bonchev–Trinajstić information content (AvgIpc) is 2.49. The van der Waals surface area contributed by atoms with E-state index in [0.29, 0.717) is 16.6 Å². The molecule has 116 valence electrons. The monoisotopic (exact) mass is 317 g/mol.